The maximum absolute atomic E-state index is 12.6. The highest BCUT2D eigenvalue weighted by atomic mass is 35.5. The van der Waals surface area contributed by atoms with Crippen molar-refractivity contribution in [2.24, 2.45) is 5.92 Å². The van der Waals surface area contributed by atoms with E-state index in [1.165, 1.54) is 0 Å². The number of hydrogen-bond donors (Lipinski definition) is 1. The average Bonchev–Trinajstić information content (AvgIpc) is 2.98. The Hall–Kier alpha value is -1.98. The zero-order valence-electron chi connectivity index (χ0n) is 13.2. The molecule has 0 bridgehead atoms. The van der Waals surface area contributed by atoms with Gasteiger partial charge >= 0.3 is 0 Å². The van der Waals surface area contributed by atoms with Gasteiger partial charge in [0.15, 0.2) is 0 Å². The summed E-state index contributed by atoms with van der Waals surface area (Å²) in [4.78, 5) is 27.7. The van der Waals surface area contributed by atoms with E-state index >= 15 is 0 Å². The van der Waals surface area contributed by atoms with Crippen molar-refractivity contribution in [3.05, 3.63) is 53.6 Å². The molecule has 6 heteroatoms. The van der Waals surface area contributed by atoms with Crippen molar-refractivity contribution in [1.82, 2.24) is 0 Å². The fourth-order valence-corrected chi connectivity index (χ4v) is 3.24. The summed E-state index contributed by atoms with van der Waals surface area (Å²) < 4.78 is 0. The van der Waals surface area contributed by atoms with Gasteiger partial charge in [0.05, 0.1) is 0 Å². The number of amides is 2. The highest BCUT2D eigenvalue weighted by Gasteiger charge is 2.37. The summed E-state index contributed by atoms with van der Waals surface area (Å²) in [5, 5.41) is 3.45. The van der Waals surface area contributed by atoms with Crippen molar-refractivity contribution >= 4 is 46.6 Å². The second-order valence-corrected chi connectivity index (χ2v) is 6.84. The molecule has 1 aliphatic rings. The molecule has 2 amide bonds. The molecular formula is C18H17ClN2O2S. The van der Waals surface area contributed by atoms with E-state index in [0.717, 1.165) is 10.6 Å². The maximum atomic E-state index is 12.6. The number of carbonyl (C=O) groups is 2. The summed E-state index contributed by atoms with van der Waals surface area (Å²) >= 11 is 7.51. The number of nitrogens with zero attached hydrogens (tertiary/aromatic N) is 1. The Balaban J connectivity index is 1.67. The molecule has 1 fully saturated rings. The summed E-state index contributed by atoms with van der Waals surface area (Å²) in [5.41, 5.74) is 1.47. The summed E-state index contributed by atoms with van der Waals surface area (Å²) in [6, 6.07) is 14.6. The predicted octanol–water partition coefficient (Wildman–Crippen LogP) is 4.05. The van der Waals surface area contributed by atoms with Crippen LogP contribution in [0.3, 0.4) is 0 Å². The molecule has 2 aromatic carbocycles. The first-order chi connectivity index (χ1) is 11.6. The van der Waals surface area contributed by atoms with Crippen LogP contribution in [0.1, 0.15) is 6.42 Å². The third kappa shape index (κ3) is 3.57. The Morgan fingerprint density at radius 2 is 1.83 bits per heavy atom. The monoisotopic (exact) mass is 360 g/mol. The van der Waals surface area contributed by atoms with Gasteiger partial charge in [-0.05, 0) is 61.2 Å². The number of halogens is 1. The van der Waals surface area contributed by atoms with Gasteiger partial charge in [0, 0.05) is 27.8 Å². The van der Waals surface area contributed by atoms with Crippen LogP contribution in [0.15, 0.2) is 53.4 Å². The van der Waals surface area contributed by atoms with E-state index < -0.39 is 5.92 Å². The molecule has 1 heterocycles. The summed E-state index contributed by atoms with van der Waals surface area (Å²) in [6.07, 6.45) is 2.51. The third-order valence-electron chi connectivity index (χ3n) is 4.02. The van der Waals surface area contributed by atoms with Gasteiger partial charge in [0.1, 0.15) is 5.92 Å². The minimum absolute atomic E-state index is 0.171. The lowest BCUT2D eigenvalue weighted by Crippen LogP contribution is -2.33. The lowest BCUT2D eigenvalue weighted by molar-refractivity contribution is -0.129. The molecule has 1 aliphatic heterocycles. The first-order valence-corrected chi connectivity index (χ1v) is 9.20. The van der Waals surface area contributed by atoms with E-state index in [0.29, 0.717) is 23.7 Å². The van der Waals surface area contributed by atoms with Crippen LogP contribution in [-0.2, 0) is 9.59 Å². The van der Waals surface area contributed by atoms with E-state index in [1.807, 2.05) is 30.5 Å². The molecule has 1 unspecified atom stereocenters. The smallest absolute Gasteiger partial charge is 0.239 e. The topological polar surface area (TPSA) is 49.4 Å². The largest absolute Gasteiger partial charge is 0.325 e. The molecule has 1 atom stereocenters. The van der Waals surface area contributed by atoms with Crippen LogP contribution < -0.4 is 10.2 Å². The van der Waals surface area contributed by atoms with E-state index in [2.05, 4.69) is 5.32 Å². The molecule has 0 radical (unpaired) electrons. The summed E-state index contributed by atoms with van der Waals surface area (Å²) in [6.45, 7) is 0.532. The zero-order chi connectivity index (χ0) is 17.1. The van der Waals surface area contributed by atoms with Crippen molar-refractivity contribution in [2.45, 2.75) is 11.3 Å². The fraction of sp³-hybridized carbons (Fsp3) is 0.222. The molecule has 1 N–H and O–H groups in total. The molecule has 2 aromatic rings. The Labute approximate surface area is 150 Å². The highest BCUT2D eigenvalue weighted by Crippen LogP contribution is 2.27. The van der Waals surface area contributed by atoms with Crippen LogP contribution in [-0.4, -0.2) is 24.6 Å². The standard InChI is InChI=1S/C18H17ClN2O2S/c1-24-15-8-4-13(5-9-15)20-17(22)16-10-11-21(18(16)23)14-6-2-12(19)3-7-14/h2-9,16H,10-11H2,1H3,(H,20,22). The van der Waals surface area contributed by atoms with Gasteiger partial charge in [-0.1, -0.05) is 11.6 Å². The zero-order valence-corrected chi connectivity index (χ0v) is 14.7. The van der Waals surface area contributed by atoms with Crippen LogP contribution in [0, 0.1) is 5.92 Å². The molecule has 0 spiro atoms. The minimum atomic E-state index is -0.652. The number of nitrogens with one attached hydrogen (secondary N) is 1. The Bertz CT molecular complexity index is 747. The average molecular weight is 361 g/mol. The maximum Gasteiger partial charge on any atom is 0.239 e. The van der Waals surface area contributed by atoms with Crippen molar-refractivity contribution < 1.29 is 9.59 Å². The molecule has 124 valence electrons. The Kier molecular flexibility index (Phi) is 5.11. The van der Waals surface area contributed by atoms with E-state index in [9.17, 15) is 9.59 Å². The SMILES string of the molecule is CSc1ccc(NC(=O)C2CCN(c3ccc(Cl)cc3)C2=O)cc1. The van der Waals surface area contributed by atoms with E-state index in [-0.39, 0.29) is 11.8 Å². The number of rotatable bonds is 4. The Morgan fingerprint density at radius 3 is 2.46 bits per heavy atom. The number of benzene rings is 2. The molecule has 24 heavy (non-hydrogen) atoms. The van der Waals surface area contributed by atoms with Gasteiger partial charge in [-0.2, -0.15) is 0 Å². The second kappa shape index (κ2) is 7.28. The van der Waals surface area contributed by atoms with Gasteiger partial charge in [-0.15, -0.1) is 11.8 Å². The van der Waals surface area contributed by atoms with Crippen molar-refractivity contribution in [3.63, 3.8) is 0 Å². The number of carbonyl (C=O) groups excluding carboxylic acids is 2. The van der Waals surface area contributed by atoms with Crippen molar-refractivity contribution in [2.75, 3.05) is 23.0 Å². The number of hydrogen-bond acceptors (Lipinski definition) is 3. The van der Waals surface area contributed by atoms with Gasteiger partial charge in [0.25, 0.3) is 0 Å². The molecular weight excluding hydrogens is 344 g/mol. The number of thioether (sulfide) groups is 1. The number of anilines is 2. The third-order valence-corrected chi connectivity index (χ3v) is 5.01. The quantitative estimate of drug-likeness (QED) is 0.661. The molecule has 4 nitrogen and oxygen atoms in total. The van der Waals surface area contributed by atoms with Crippen LogP contribution in [0.2, 0.25) is 5.02 Å². The van der Waals surface area contributed by atoms with Gasteiger partial charge < -0.3 is 10.2 Å². The molecule has 0 aromatic heterocycles. The second-order valence-electron chi connectivity index (χ2n) is 5.53. The molecule has 1 saturated heterocycles. The van der Waals surface area contributed by atoms with E-state index in [4.69, 9.17) is 11.6 Å². The van der Waals surface area contributed by atoms with Crippen LogP contribution >= 0.6 is 23.4 Å². The van der Waals surface area contributed by atoms with Gasteiger partial charge in [-0.3, -0.25) is 9.59 Å². The van der Waals surface area contributed by atoms with Gasteiger partial charge in [0.2, 0.25) is 11.8 Å². The molecule has 0 aliphatic carbocycles. The lowest BCUT2D eigenvalue weighted by Gasteiger charge is -2.17. The predicted molar refractivity (Wildman–Crippen MR) is 98.8 cm³/mol. The van der Waals surface area contributed by atoms with E-state index in [1.54, 1.807) is 40.9 Å². The normalized spacial score (nSPS) is 17.2. The Morgan fingerprint density at radius 1 is 1.17 bits per heavy atom. The minimum Gasteiger partial charge on any atom is -0.325 e. The summed E-state index contributed by atoms with van der Waals surface area (Å²) in [5.74, 6) is -1.08. The highest BCUT2D eigenvalue weighted by molar-refractivity contribution is 7.98. The van der Waals surface area contributed by atoms with Gasteiger partial charge in [-0.25, -0.2) is 0 Å². The van der Waals surface area contributed by atoms with Crippen LogP contribution in [0.4, 0.5) is 11.4 Å². The first-order valence-electron chi connectivity index (χ1n) is 7.60. The molecule has 0 saturated carbocycles. The summed E-state index contributed by atoms with van der Waals surface area (Å²) in [7, 11) is 0. The lowest BCUT2D eigenvalue weighted by atomic mass is 10.1. The van der Waals surface area contributed by atoms with Crippen LogP contribution in [0.5, 0.6) is 0 Å². The van der Waals surface area contributed by atoms with Crippen molar-refractivity contribution in [3.8, 4) is 0 Å². The van der Waals surface area contributed by atoms with Crippen molar-refractivity contribution in [1.29, 1.82) is 0 Å². The molecule has 3 rings (SSSR count). The van der Waals surface area contributed by atoms with Crippen LogP contribution in [0.25, 0.3) is 0 Å². The fourth-order valence-electron chi connectivity index (χ4n) is 2.70. The first kappa shape index (κ1) is 16.9.